The fourth-order valence-corrected chi connectivity index (χ4v) is 4.60. The van der Waals surface area contributed by atoms with Gasteiger partial charge in [-0.05, 0) is 48.7 Å². The van der Waals surface area contributed by atoms with Crippen LogP contribution in [0.25, 0.3) is 16.7 Å². The molecule has 0 radical (unpaired) electrons. The van der Waals surface area contributed by atoms with Crippen LogP contribution < -0.4 is 14.8 Å². The normalized spacial score (nSPS) is 14.8. The molecule has 1 aromatic heterocycles. The predicted molar refractivity (Wildman–Crippen MR) is 140 cm³/mol. The monoisotopic (exact) mass is 483 g/mol. The van der Waals surface area contributed by atoms with Crippen molar-refractivity contribution in [3.8, 4) is 11.5 Å². The Morgan fingerprint density at radius 3 is 2.53 bits per heavy atom. The van der Waals surface area contributed by atoms with Gasteiger partial charge in [-0.25, -0.2) is 9.78 Å². The Bertz CT molecular complexity index is 1430. The van der Waals surface area contributed by atoms with Crippen LogP contribution in [0.5, 0.6) is 11.5 Å². The smallest absolute Gasteiger partial charge is 0.338 e. The molecule has 2 heterocycles. The van der Waals surface area contributed by atoms with Gasteiger partial charge in [-0.3, -0.25) is 4.57 Å². The number of para-hydroxylation sites is 2. The molecular formula is C29H29N3O4. The minimum absolute atomic E-state index is 0.266. The van der Waals surface area contributed by atoms with E-state index >= 15 is 0 Å². The molecule has 3 aromatic carbocycles. The van der Waals surface area contributed by atoms with Gasteiger partial charge in [0.2, 0.25) is 5.95 Å². The molecule has 36 heavy (non-hydrogen) atoms. The largest absolute Gasteiger partial charge is 0.493 e. The molecular weight excluding hydrogens is 454 g/mol. The van der Waals surface area contributed by atoms with Crippen LogP contribution in [0.2, 0.25) is 0 Å². The van der Waals surface area contributed by atoms with Crippen molar-refractivity contribution in [3.05, 3.63) is 89.5 Å². The molecule has 5 rings (SSSR count). The summed E-state index contributed by atoms with van der Waals surface area (Å²) in [5, 5.41) is 3.43. The number of anilines is 1. The third kappa shape index (κ3) is 4.17. The van der Waals surface area contributed by atoms with Crippen LogP contribution >= 0.6 is 0 Å². The van der Waals surface area contributed by atoms with Crippen molar-refractivity contribution in [2.45, 2.75) is 26.3 Å². The topological polar surface area (TPSA) is 74.6 Å². The second kappa shape index (κ2) is 10.2. The van der Waals surface area contributed by atoms with Crippen LogP contribution in [-0.2, 0) is 9.53 Å². The number of hydrogen-bond acceptors (Lipinski definition) is 6. The van der Waals surface area contributed by atoms with Crippen LogP contribution in [-0.4, -0.2) is 35.8 Å². The van der Waals surface area contributed by atoms with E-state index in [1.54, 1.807) is 7.11 Å². The van der Waals surface area contributed by atoms with Crippen molar-refractivity contribution in [1.82, 2.24) is 9.55 Å². The molecule has 184 valence electrons. The molecule has 4 aromatic rings. The van der Waals surface area contributed by atoms with Crippen molar-refractivity contribution >= 4 is 28.6 Å². The maximum atomic E-state index is 13.6. The van der Waals surface area contributed by atoms with E-state index in [4.69, 9.17) is 19.2 Å². The highest BCUT2D eigenvalue weighted by Crippen LogP contribution is 2.44. The number of nitrogens with zero attached hydrogens (tertiary/aromatic N) is 2. The Kier molecular flexibility index (Phi) is 6.62. The minimum Gasteiger partial charge on any atom is -0.493 e. The van der Waals surface area contributed by atoms with E-state index in [2.05, 4.69) is 16.8 Å². The molecule has 1 atom stereocenters. The SMILES string of the molecule is CCCOc1ccc([C@@H]2C(C(=O)OCC)=C(c3ccccc3)Nc3nc4ccccc4n32)cc1OC. The van der Waals surface area contributed by atoms with E-state index in [9.17, 15) is 4.79 Å². The van der Waals surface area contributed by atoms with Gasteiger partial charge in [0.15, 0.2) is 11.5 Å². The summed E-state index contributed by atoms with van der Waals surface area (Å²) in [6.07, 6.45) is 0.889. The Morgan fingerprint density at radius 2 is 1.78 bits per heavy atom. The quantitative estimate of drug-likeness (QED) is 0.318. The molecule has 0 saturated heterocycles. The molecule has 0 amide bonds. The number of ether oxygens (including phenoxy) is 3. The second-order valence-electron chi connectivity index (χ2n) is 8.46. The average Bonchev–Trinajstić information content (AvgIpc) is 3.29. The summed E-state index contributed by atoms with van der Waals surface area (Å²) in [5.74, 6) is 1.54. The highest BCUT2D eigenvalue weighted by molar-refractivity contribution is 6.03. The maximum Gasteiger partial charge on any atom is 0.338 e. The number of benzene rings is 3. The van der Waals surface area contributed by atoms with E-state index in [-0.39, 0.29) is 12.6 Å². The van der Waals surface area contributed by atoms with Gasteiger partial charge < -0.3 is 19.5 Å². The van der Waals surface area contributed by atoms with Crippen LogP contribution in [0.15, 0.2) is 78.4 Å². The molecule has 7 nitrogen and oxygen atoms in total. The first-order chi connectivity index (χ1) is 17.7. The van der Waals surface area contributed by atoms with E-state index in [0.717, 1.165) is 28.6 Å². The number of imidazole rings is 1. The number of carbonyl (C=O) groups excluding carboxylic acids is 1. The first-order valence-corrected chi connectivity index (χ1v) is 12.2. The Labute approximate surface area is 210 Å². The van der Waals surface area contributed by atoms with Gasteiger partial charge in [0, 0.05) is 0 Å². The first-order valence-electron chi connectivity index (χ1n) is 12.2. The molecule has 0 aliphatic carbocycles. The minimum atomic E-state index is -0.503. The summed E-state index contributed by atoms with van der Waals surface area (Å²) in [6.45, 7) is 4.73. The number of rotatable bonds is 8. The van der Waals surface area contributed by atoms with Crippen LogP contribution in [0.4, 0.5) is 5.95 Å². The summed E-state index contributed by atoms with van der Waals surface area (Å²) in [6, 6.07) is 23.0. The van der Waals surface area contributed by atoms with Crippen molar-refractivity contribution in [2.75, 3.05) is 25.6 Å². The van der Waals surface area contributed by atoms with Crippen molar-refractivity contribution < 1.29 is 19.0 Å². The summed E-state index contributed by atoms with van der Waals surface area (Å²) in [4.78, 5) is 18.4. The van der Waals surface area contributed by atoms with Gasteiger partial charge in [0.05, 0.1) is 48.7 Å². The zero-order valence-corrected chi connectivity index (χ0v) is 20.7. The summed E-state index contributed by atoms with van der Waals surface area (Å²) in [5.41, 5.74) is 4.65. The van der Waals surface area contributed by atoms with Gasteiger partial charge in [-0.1, -0.05) is 55.5 Å². The first kappa shape index (κ1) is 23.5. The zero-order valence-electron chi connectivity index (χ0n) is 20.7. The zero-order chi connectivity index (χ0) is 25.1. The average molecular weight is 484 g/mol. The fraction of sp³-hybridized carbons (Fsp3) is 0.241. The summed E-state index contributed by atoms with van der Waals surface area (Å²) in [7, 11) is 1.62. The lowest BCUT2D eigenvalue weighted by atomic mass is 9.92. The molecule has 7 heteroatoms. The standard InChI is InChI=1S/C29H29N3O4/c1-4-17-36-23-16-15-20(18-24(23)34-3)27-25(28(33)35-5-2)26(19-11-7-6-8-12-19)31-29-30-21-13-9-10-14-22(21)32(27)29/h6-16,18,27H,4-5,17H2,1-3H3,(H,30,31)/t27-/m1/s1. The molecule has 0 unspecified atom stereocenters. The lowest BCUT2D eigenvalue weighted by Crippen LogP contribution is -2.29. The van der Waals surface area contributed by atoms with Crippen LogP contribution in [0.1, 0.15) is 37.4 Å². The number of fused-ring (bicyclic) bond motifs is 3. The van der Waals surface area contributed by atoms with E-state index in [0.29, 0.717) is 35.3 Å². The van der Waals surface area contributed by atoms with E-state index < -0.39 is 6.04 Å². The van der Waals surface area contributed by atoms with Gasteiger partial charge in [0.1, 0.15) is 0 Å². The Hall–Kier alpha value is -4.26. The molecule has 1 aliphatic rings. The molecule has 0 spiro atoms. The molecule has 0 saturated carbocycles. The molecule has 0 fully saturated rings. The highest BCUT2D eigenvalue weighted by atomic mass is 16.5. The van der Waals surface area contributed by atoms with Gasteiger partial charge >= 0.3 is 5.97 Å². The Balaban J connectivity index is 1.78. The van der Waals surface area contributed by atoms with Crippen LogP contribution in [0.3, 0.4) is 0 Å². The third-order valence-corrected chi connectivity index (χ3v) is 6.16. The summed E-state index contributed by atoms with van der Waals surface area (Å²) >= 11 is 0. The number of nitrogens with one attached hydrogen (secondary N) is 1. The number of hydrogen-bond donors (Lipinski definition) is 1. The van der Waals surface area contributed by atoms with Gasteiger partial charge in [-0.15, -0.1) is 0 Å². The third-order valence-electron chi connectivity index (χ3n) is 6.16. The summed E-state index contributed by atoms with van der Waals surface area (Å²) < 4.78 is 19.2. The number of carbonyl (C=O) groups is 1. The van der Waals surface area contributed by atoms with Crippen molar-refractivity contribution in [1.29, 1.82) is 0 Å². The van der Waals surface area contributed by atoms with Crippen molar-refractivity contribution in [2.24, 2.45) is 0 Å². The lowest BCUT2D eigenvalue weighted by Gasteiger charge is -2.31. The predicted octanol–water partition coefficient (Wildman–Crippen LogP) is 5.82. The number of aromatic nitrogens is 2. The van der Waals surface area contributed by atoms with Crippen molar-refractivity contribution in [3.63, 3.8) is 0 Å². The highest BCUT2D eigenvalue weighted by Gasteiger charge is 2.37. The number of methoxy groups -OCH3 is 1. The molecule has 1 N–H and O–H groups in total. The number of esters is 1. The Morgan fingerprint density at radius 1 is 1.00 bits per heavy atom. The van der Waals surface area contributed by atoms with Gasteiger partial charge in [0.25, 0.3) is 0 Å². The molecule has 0 bridgehead atoms. The maximum absolute atomic E-state index is 13.6. The van der Waals surface area contributed by atoms with E-state index in [1.807, 2.05) is 79.7 Å². The van der Waals surface area contributed by atoms with E-state index in [1.165, 1.54) is 0 Å². The second-order valence-corrected chi connectivity index (χ2v) is 8.46. The van der Waals surface area contributed by atoms with Crippen LogP contribution in [0, 0.1) is 0 Å². The van der Waals surface area contributed by atoms with Gasteiger partial charge in [-0.2, -0.15) is 0 Å². The molecule has 1 aliphatic heterocycles. The fourth-order valence-electron chi connectivity index (χ4n) is 4.60. The lowest BCUT2D eigenvalue weighted by molar-refractivity contribution is -0.138.